The Hall–Kier alpha value is -2.38. The summed E-state index contributed by atoms with van der Waals surface area (Å²) >= 11 is 0. The van der Waals surface area contributed by atoms with Crippen molar-refractivity contribution in [3.8, 4) is 0 Å². The quantitative estimate of drug-likeness (QED) is 0.572. The summed E-state index contributed by atoms with van der Waals surface area (Å²) < 4.78 is 0. The molecule has 18 heavy (non-hydrogen) atoms. The highest BCUT2D eigenvalue weighted by Gasteiger charge is 2.18. The lowest BCUT2D eigenvalue weighted by molar-refractivity contribution is -0.384. The van der Waals surface area contributed by atoms with Gasteiger partial charge < -0.3 is 16.4 Å². The molecule has 0 unspecified atom stereocenters. The van der Waals surface area contributed by atoms with Crippen LogP contribution in [0.4, 0.5) is 17.3 Å². The number of rotatable bonds is 5. The van der Waals surface area contributed by atoms with Crippen molar-refractivity contribution < 1.29 is 9.72 Å². The molecule has 4 N–H and O–H groups in total. The summed E-state index contributed by atoms with van der Waals surface area (Å²) in [5, 5.41) is 10.6. The van der Waals surface area contributed by atoms with E-state index >= 15 is 0 Å². The Morgan fingerprint density at radius 2 is 2.17 bits per heavy atom. The number of nitro groups is 1. The molecule has 1 heterocycles. The third kappa shape index (κ3) is 3.06. The molecule has 0 bridgehead atoms. The molecule has 0 saturated carbocycles. The zero-order valence-corrected chi connectivity index (χ0v) is 10.2. The maximum Gasteiger partial charge on any atom is 0.311 e. The second-order valence-corrected chi connectivity index (χ2v) is 4.02. The van der Waals surface area contributed by atoms with Crippen molar-refractivity contribution in [2.75, 3.05) is 17.2 Å². The number of amides is 1. The molecule has 1 amide bonds. The van der Waals surface area contributed by atoms with Gasteiger partial charge in [0.1, 0.15) is 5.82 Å². The van der Waals surface area contributed by atoms with Gasteiger partial charge in [-0.15, -0.1) is 0 Å². The molecule has 0 fully saturated rings. The molecule has 8 nitrogen and oxygen atoms in total. The Bertz CT molecular complexity index is 475. The topological polar surface area (TPSA) is 128 Å². The first kappa shape index (κ1) is 13.7. The SMILES string of the molecule is CC(C)N(CC(N)=O)c1ccc([N+](=O)[O-])c(N)n1. The molecule has 1 aromatic rings. The second kappa shape index (κ2) is 5.30. The van der Waals surface area contributed by atoms with Gasteiger partial charge in [-0.25, -0.2) is 4.98 Å². The highest BCUT2D eigenvalue weighted by atomic mass is 16.6. The van der Waals surface area contributed by atoms with Crippen LogP contribution in [0.5, 0.6) is 0 Å². The van der Waals surface area contributed by atoms with Crippen LogP contribution in [0, 0.1) is 10.1 Å². The summed E-state index contributed by atoms with van der Waals surface area (Å²) in [5.74, 6) is -0.318. The number of hydrogen-bond donors (Lipinski definition) is 2. The average molecular weight is 253 g/mol. The van der Waals surface area contributed by atoms with E-state index in [1.807, 2.05) is 13.8 Å². The number of pyridine rings is 1. The van der Waals surface area contributed by atoms with Crippen molar-refractivity contribution in [2.45, 2.75) is 19.9 Å². The van der Waals surface area contributed by atoms with Crippen LogP contribution in [0.15, 0.2) is 12.1 Å². The molecule has 0 atom stereocenters. The van der Waals surface area contributed by atoms with Gasteiger partial charge >= 0.3 is 5.69 Å². The lowest BCUT2D eigenvalue weighted by Gasteiger charge is -2.26. The van der Waals surface area contributed by atoms with Gasteiger partial charge in [0.2, 0.25) is 11.7 Å². The zero-order chi connectivity index (χ0) is 13.9. The minimum absolute atomic E-state index is 0.0259. The van der Waals surface area contributed by atoms with Crippen LogP contribution in [0.1, 0.15) is 13.8 Å². The first-order chi connectivity index (χ1) is 8.32. The number of anilines is 2. The lowest BCUT2D eigenvalue weighted by atomic mass is 10.3. The fraction of sp³-hybridized carbons (Fsp3) is 0.400. The molecule has 0 aromatic carbocycles. The van der Waals surface area contributed by atoms with Crippen LogP contribution < -0.4 is 16.4 Å². The number of aromatic nitrogens is 1. The first-order valence-corrected chi connectivity index (χ1v) is 5.28. The predicted octanol–water partition coefficient (Wildman–Crippen LogP) is 0.272. The molecule has 0 saturated heterocycles. The maximum absolute atomic E-state index is 11.0. The molecule has 0 spiro atoms. The van der Waals surface area contributed by atoms with Crippen LogP contribution >= 0.6 is 0 Å². The molecular weight excluding hydrogens is 238 g/mol. The van der Waals surface area contributed by atoms with E-state index in [0.29, 0.717) is 5.82 Å². The summed E-state index contributed by atoms with van der Waals surface area (Å²) in [5.41, 5.74) is 10.4. The molecular formula is C10H15N5O3. The zero-order valence-electron chi connectivity index (χ0n) is 10.2. The van der Waals surface area contributed by atoms with Crippen molar-refractivity contribution >= 4 is 23.2 Å². The minimum atomic E-state index is -0.611. The number of primary amides is 1. The molecule has 0 radical (unpaired) electrons. The molecule has 0 aliphatic heterocycles. The molecule has 8 heteroatoms. The van der Waals surface area contributed by atoms with Gasteiger partial charge in [-0.1, -0.05) is 0 Å². The molecule has 98 valence electrons. The molecule has 0 aliphatic rings. The van der Waals surface area contributed by atoms with Crippen molar-refractivity contribution in [1.82, 2.24) is 4.98 Å². The van der Waals surface area contributed by atoms with Gasteiger partial charge in [-0.3, -0.25) is 14.9 Å². The molecule has 1 rings (SSSR count). The predicted molar refractivity (Wildman–Crippen MR) is 67.0 cm³/mol. The van der Waals surface area contributed by atoms with E-state index in [9.17, 15) is 14.9 Å². The third-order valence-electron chi connectivity index (χ3n) is 2.33. The van der Waals surface area contributed by atoms with E-state index in [-0.39, 0.29) is 24.1 Å². The number of nitrogens with zero attached hydrogens (tertiary/aromatic N) is 3. The van der Waals surface area contributed by atoms with Crippen LogP contribution in [0.3, 0.4) is 0 Å². The number of nitrogen functional groups attached to an aromatic ring is 1. The van der Waals surface area contributed by atoms with Gasteiger partial charge in [0.05, 0.1) is 11.5 Å². The fourth-order valence-corrected chi connectivity index (χ4v) is 1.47. The highest BCUT2D eigenvalue weighted by molar-refractivity contribution is 5.79. The van der Waals surface area contributed by atoms with E-state index in [1.54, 1.807) is 4.90 Å². The smallest absolute Gasteiger partial charge is 0.311 e. The first-order valence-electron chi connectivity index (χ1n) is 5.28. The van der Waals surface area contributed by atoms with Crippen molar-refractivity contribution in [1.29, 1.82) is 0 Å². The van der Waals surface area contributed by atoms with Crippen molar-refractivity contribution in [3.05, 3.63) is 22.2 Å². The molecule has 1 aromatic heterocycles. The van der Waals surface area contributed by atoms with E-state index in [0.717, 1.165) is 0 Å². The Morgan fingerprint density at radius 3 is 2.56 bits per heavy atom. The monoisotopic (exact) mass is 253 g/mol. The van der Waals surface area contributed by atoms with E-state index < -0.39 is 10.8 Å². The normalized spacial score (nSPS) is 10.4. The van der Waals surface area contributed by atoms with Crippen molar-refractivity contribution in [2.24, 2.45) is 5.73 Å². The largest absolute Gasteiger partial charge is 0.378 e. The summed E-state index contributed by atoms with van der Waals surface area (Å²) in [4.78, 5) is 26.5. The standard InChI is InChI=1S/C10H15N5O3/c1-6(2)14(5-8(11)16)9-4-3-7(15(17)18)10(12)13-9/h3-4,6H,5H2,1-2H3,(H2,11,16)(H2,12,13). The summed E-state index contributed by atoms with van der Waals surface area (Å²) in [6, 6.07) is 2.66. The van der Waals surface area contributed by atoms with Gasteiger partial charge in [0, 0.05) is 12.1 Å². The van der Waals surface area contributed by atoms with Crippen LogP contribution in [-0.2, 0) is 4.79 Å². The van der Waals surface area contributed by atoms with E-state index in [1.165, 1.54) is 12.1 Å². The molecule has 0 aliphatic carbocycles. The van der Waals surface area contributed by atoms with Crippen molar-refractivity contribution in [3.63, 3.8) is 0 Å². The average Bonchev–Trinajstić information content (AvgIpc) is 2.24. The van der Waals surface area contributed by atoms with Crippen LogP contribution in [0.25, 0.3) is 0 Å². The second-order valence-electron chi connectivity index (χ2n) is 4.02. The Morgan fingerprint density at radius 1 is 1.56 bits per heavy atom. The van der Waals surface area contributed by atoms with Crippen LogP contribution in [0.2, 0.25) is 0 Å². The van der Waals surface area contributed by atoms with E-state index in [4.69, 9.17) is 11.5 Å². The number of nitrogens with two attached hydrogens (primary N) is 2. The minimum Gasteiger partial charge on any atom is -0.378 e. The Labute approximate surface area is 104 Å². The number of carbonyl (C=O) groups excluding carboxylic acids is 1. The van der Waals surface area contributed by atoms with Gasteiger partial charge in [-0.05, 0) is 19.9 Å². The summed E-state index contributed by atoms with van der Waals surface area (Å²) in [6.07, 6.45) is 0. The number of carbonyl (C=O) groups is 1. The Balaban J connectivity index is 3.10. The van der Waals surface area contributed by atoms with Gasteiger partial charge in [0.25, 0.3) is 0 Å². The van der Waals surface area contributed by atoms with Crippen LogP contribution in [-0.4, -0.2) is 28.4 Å². The number of hydrogen-bond acceptors (Lipinski definition) is 6. The highest BCUT2D eigenvalue weighted by Crippen LogP contribution is 2.23. The van der Waals surface area contributed by atoms with E-state index in [2.05, 4.69) is 4.98 Å². The van der Waals surface area contributed by atoms with Gasteiger partial charge in [0.15, 0.2) is 0 Å². The van der Waals surface area contributed by atoms with Gasteiger partial charge in [-0.2, -0.15) is 0 Å². The summed E-state index contributed by atoms with van der Waals surface area (Å²) in [7, 11) is 0. The Kier molecular flexibility index (Phi) is 4.03. The summed E-state index contributed by atoms with van der Waals surface area (Å²) in [6.45, 7) is 3.67. The lowest BCUT2D eigenvalue weighted by Crippen LogP contribution is -2.39. The maximum atomic E-state index is 11.0. The third-order valence-corrected chi connectivity index (χ3v) is 2.33. The fourth-order valence-electron chi connectivity index (χ4n) is 1.47.